The Labute approximate surface area is 160 Å². The molecule has 7 heteroatoms. The summed E-state index contributed by atoms with van der Waals surface area (Å²) in [5, 5.41) is 0.751. The lowest BCUT2D eigenvalue weighted by Gasteiger charge is -2.36. The van der Waals surface area contributed by atoms with E-state index < -0.39 is 9.84 Å². The van der Waals surface area contributed by atoms with Crippen molar-refractivity contribution in [1.82, 2.24) is 4.90 Å². The third-order valence-corrected chi connectivity index (χ3v) is 6.65. The Morgan fingerprint density at radius 3 is 2.46 bits per heavy atom. The van der Waals surface area contributed by atoms with Crippen molar-refractivity contribution in [3.63, 3.8) is 0 Å². The van der Waals surface area contributed by atoms with Gasteiger partial charge in [-0.1, -0.05) is 29.8 Å². The molecule has 2 aromatic rings. The average molecular weight is 395 g/mol. The number of halogens is 1. The van der Waals surface area contributed by atoms with Gasteiger partial charge >= 0.3 is 0 Å². The van der Waals surface area contributed by atoms with Crippen LogP contribution >= 0.6 is 11.6 Å². The van der Waals surface area contributed by atoms with Crippen LogP contribution in [0.1, 0.15) is 0 Å². The lowest BCUT2D eigenvalue weighted by atomic mass is 10.2. The van der Waals surface area contributed by atoms with E-state index in [-0.39, 0.29) is 5.75 Å². The fraction of sp³-hybridized carbons (Fsp3) is 0.368. The highest BCUT2D eigenvalue weighted by molar-refractivity contribution is 7.91. The Bertz CT molecular complexity index is 849. The van der Waals surface area contributed by atoms with Crippen LogP contribution in [0.3, 0.4) is 0 Å². The van der Waals surface area contributed by atoms with Crippen LogP contribution in [-0.4, -0.2) is 58.9 Å². The Hall–Kier alpha value is -1.76. The van der Waals surface area contributed by atoms with Crippen molar-refractivity contribution in [2.75, 3.05) is 50.5 Å². The number of ether oxygens (including phenoxy) is 1. The maximum atomic E-state index is 12.6. The number of para-hydroxylation sites is 1. The molecule has 0 unspecified atom stereocenters. The van der Waals surface area contributed by atoms with Gasteiger partial charge in [0, 0.05) is 32.7 Å². The van der Waals surface area contributed by atoms with Crippen molar-refractivity contribution < 1.29 is 13.2 Å². The van der Waals surface area contributed by atoms with Gasteiger partial charge in [0.05, 0.1) is 28.5 Å². The molecule has 1 aliphatic heterocycles. The highest BCUT2D eigenvalue weighted by Gasteiger charge is 2.21. The molecule has 3 rings (SSSR count). The van der Waals surface area contributed by atoms with E-state index in [0.717, 1.165) is 36.9 Å². The first-order valence-corrected chi connectivity index (χ1v) is 10.6. The first kappa shape index (κ1) is 19.0. The minimum Gasteiger partial charge on any atom is -0.497 e. The lowest BCUT2D eigenvalue weighted by Crippen LogP contribution is -2.47. The Morgan fingerprint density at radius 2 is 1.77 bits per heavy atom. The highest BCUT2D eigenvalue weighted by Crippen LogP contribution is 2.26. The molecule has 0 saturated carbocycles. The number of benzene rings is 2. The molecule has 1 aliphatic rings. The van der Waals surface area contributed by atoms with Crippen molar-refractivity contribution in [3.05, 3.63) is 53.6 Å². The smallest absolute Gasteiger partial charge is 0.179 e. The van der Waals surface area contributed by atoms with Gasteiger partial charge in [-0.2, -0.15) is 0 Å². The van der Waals surface area contributed by atoms with Gasteiger partial charge in [-0.3, -0.25) is 4.90 Å². The monoisotopic (exact) mass is 394 g/mol. The number of sulfone groups is 1. The molecule has 1 heterocycles. The first-order valence-electron chi connectivity index (χ1n) is 8.58. The molecule has 1 saturated heterocycles. The minimum atomic E-state index is -3.32. The quantitative estimate of drug-likeness (QED) is 0.753. The van der Waals surface area contributed by atoms with Crippen molar-refractivity contribution in [1.29, 1.82) is 0 Å². The maximum absolute atomic E-state index is 12.6. The maximum Gasteiger partial charge on any atom is 0.179 e. The van der Waals surface area contributed by atoms with Gasteiger partial charge in [-0.25, -0.2) is 8.42 Å². The van der Waals surface area contributed by atoms with Crippen molar-refractivity contribution in [2.45, 2.75) is 4.90 Å². The number of hydrogen-bond acceptors (Lipinski definition) is 5. The fourth-order valence-corrected chi connectivity index (χ4v) is 4.65. The van der Waals surface area contributed by atoms with Gasteiger partial charge in [0.15, 0.2) is 9.84 Å². The topological polar surface area (TPSA) is 49.9 Å². The van der Waals surface area contributed by atoms with Gasteiger partial charge in [-0.05, 0) is 30.3 Å². The number of anilines is 1. The largest absolute Gasteiger partial charge is 0.497 e. The van der Waals surface area contributed by atoms with Crippen LogP contribution in [-0.2, 0) is 9.84 Å². The molecular formula is C19H23ClN2O3S. The van der Waals surface area contributed by atoms with Crippen LogP contribution in [0.25, 0.3) is 0 Å². The summed E-state index contributed by atoms with van der Waals surface area (Å²) in [7, 11) is -1.79. The molecule has 0 N–H and O–H groups in total. The summed E-state index contributed by atoms with van der Waals surface area (Å²) in [6.45, 7) is 3.83. The molecule has 0 bridgehead atoms. The molecule has 5 nitrogen and oxygen atoms in total. The summed E-state index contributed by atoms with van der Waals surface area (Å²) >= 11 is 6.26. The summed E-state index contributed by atoms with van der Waals surface area (Å²) in [5.74, 6) is 0.658. The van der Waals surface area contributed by atoms with Crippen molar-refractivity contribution >= 4 is 27.1 Å². The van der Waals surface area contributed by atoms with E-state index in [4.69, 9.17) is 16.3 Å². The number of nitrogens with zero attached hydrogens (tertiary/aromatic N) is 2. The van der Waals surface area contributed by atoms with Crippen LogP contribution < -0.4 is 9.64 Å². The van der Waals surface area contributed by atoms with Crippen LogP contribution in [0.15, 0.2) is 53.4 Å². The van der Waals surface area contributed by atoms with Crippen molar-refractivity contribution in [2.24, 2.45) is 0 Å². The summed E-state index contributed by atoms with van der Waals surface area (Å²) in [6, 6.07) is 14.5. The second-order valence-corrected chi connectivity index (χ2v) is 8.79. The van der Waals surface area contributed by atoms with Crippen LogP contribution in [0.4, 0.5) is 5.69 Å². The molecule has 140 valence electrons. The molecule has 0 aliphatic carbocycles. The molecule has 2 aromatic carbocycles. The Balaban J connectivity index is 1.55. The second kappa shape index (κ2) is 8.29. The molecule has 0 radical (unpaired) electrons. The molecular weight excluding hydrogens is 372 g/mol. The number of rotatable bonds is 6. The summed E-state index contributed by atoms with van der Waals surface area (Å²) < 4.78 is 30.2. The third kappa shape index (κ3) is 4.50. The van der Waals surface area contributed by atoms with Gasteiger partial charge in [-0.15, -0.1) is 0 Å². The van der Waals surface area contributed by atoms with Gasteiger partial charge in [0.25, 0.3) is 0 Å². The molecule has 0 aromatic heterocycles. The second-order valence-electron chi connectivity index (χ2n) is 6.28. The zero-order chi connectivity index (χ0) is 18.6. The standard InChI is InChI=1S/C19H23ClN2O3S/c1-25-16-5-4-6-17(15-16)26(23,24)14-13-21-9-11-22(12-10-21)19-8-3-2-7-18(19)20/h2-8,15H,9-14H2,1H3. The van der Waals surface area contributed by atoms with E-state index in [1.54, 1.807) is 24.3 Å². The zero-order valence-corrected chi connectivity index (χ0v) is 16.3. The van der Waals surface area contributed by atoms with E-state index in [1.807, 2.05) is 24.3 Å². The Morgan fingerprint density at radius 1 is 1.04 bits per heavy atom. The minimum absolute atomic E-state index is 0.103. The van der Waals surface area contributed by atoms with Crippen LogP contribution in [0, 0.1) is 0 Å². The first-order chi connectivity index (χ1) is 12.5. The van der Waals surface area contributed by atoms with Gasteiger partial charge in [0.2, 0.25) is 0 Å². The number of hydrogen-bond donors (Lipinski definition) is 0. The van der Waals surface area contributed by atoms with E-state index in [9.17, 15) is 8.42 Å². The molecule has 1 fully saturated rings. The van der Waals surface area contributed by atoms with E-state index >= 15 is 0 Å². The number of piperazine rings is 1. The summed E-state index contributed by atoms with van der Waals surface area (Å²) in [5.41, 5.74) is 1.04. The van der Waals surface area contributed by atoms with E-state index in [2.05, 4.69) is 9.80 Å². The van der Waals surface area contributed by atoms with Gasteiger partial charge < -0.3 is 9.64 Å². The highest BCUT2D eigenvalue weighted by atomic mass is 35.5. The van der Waals surface area contributed by atoms with Crippen molar-refractivity contribution in [3.8, 4) is 5.75 Å². The molecule has 0 spiro atoms. The van der Waals surface area contributed by atoms with Gasteiger partial charge in [0.1, 0.15) is 5.75 Å². The van der Waals surface area contributed by atoms with Crippen LogP contribution in [0.5, 0.6) is 5.75 Å². The lowest BCUT2D eigenvalue weighted by molar-refractivity contribution is 0.272. The molecule has 26 heavy (non-hydrogen) atoms. The summed E-state index contributed by atoms with van der Waals surface area (Å²) in [4.78, 5) is 4.74. The molecule has 0 atom stereocenters. The summed E-state index contributed by atoms with van der Waals surface area (Å²) in [6.07, 6.45) is 0. The van der Waals surface area contributed by atoms with E-state index in [1.165, 1.54) is 7.11 Å². The predicted molar refractivity (Wildman–Crippen MR) is 105 cm³/mol. The van der Waals surface area contributed by atoms with E-state index in [0.29, 0.717) is 17.2 Å². The van der Waals surface area contributed by atoms with Crippen LogP contribution in [0.2, 0.25) is 5.02 Å². The predicted octanol–water partition coefficient (Wildman–Crippen LogP) is 2.94. The Kier molecular flexibility index (Phi) is 6.06. The zero-order valence-electron chi connectivity index (χ0n) is 14.8. The molecule has 0 amide bonds. The fourth-order valence-electron chi connectivity index (χ4n) is 3.08. The third-order valence-electron chi connectivity index (χ3n) is 4.64. The number of methoxy groups -OCH3 is 1. The average Bonchev–Trinajstić information content (AvgIpc) is 2.67. The normalized spacial score (nSPS) is 15.8. The SMILES string of the molecule is COc1cccc(S(=O)(=O)CCN2CCN(c3ccccc3Cl)CC2)c1.